The van der Waals surface area contributed by atoms with E-state index < -0.39 is 0 Å². The Morgan fingerprint density at radius 1 is 1.33 bits per heavy atom. The number of aryl methyl sites for hydroxylation is 1. The molecule has 1 N–H and O–H groups in total. The van der Waals surface area contributed by atoms with Gasteiger partial charge >= 0.3 is 0 Å². The van der Waals surface area contributed by atoms with E-state index in [1.807, 2.05) is 11.3 Å². The molecule has 2 bridgehead atoms. The normalized spacial score (nSPS) is 34.3. The molecule has 1 atom stereocenters. The van der Waals surface area contributed by atoms with Crippen molar-refractivity contribution in [3.05, 3.63) is 22.4 Å². The zero-order valence-electron chi connectivity index (χ0n) is 10.7. The molecule has 3 aliphatic rings. The third-order valence-electron chi connectivity index (χ3n) is 4.70. The van der Waals surface area contributed by atoms with Gasteiger partial charge in [0.1, 0.15) is 12.6 Å². The van der Waals surface area contributed by atoms with Gasteiger partial charge in [-0.2, -0.15) is 0 Å². The number of hydrogen-bond acceptors (Lipinski definition) is 2. The monoisotopic (exact) mass is 331 g/mol. The maximum Gasteiger partial charge on any atom is 0.106 e. The van der Waals surface area contributed by atoms with Crippen LogP contribution in [0.5, 0.6) is 0 Å². The minimum Gasteiger partial charge on any atom is -1.00 e. The second-order valence-corrected chi connectivity index (χ2v) is 6.81. The summed E-state index contributed by atoms with van der Waals surface area (Å²) in [4.78, 5) is 1.51. The highest BCUT2D eigenvalue weighted by atomic mass is 79.9. The first-order valence-corrected chi connectivity index (χ1v) is 7.71. The highest BCUT2D eigenvalue weighted by Gasteiger charge is 2.44. The van der Waals surface area contributed by atoms with Crippen LogP contribution in [0.15, 0.2) is 17.5 Å². The molecule has 3 aliphatic heterocycles. The largest absolute Gasteiger partial charge is 1.00 e. The number of nitrogens with zero attached hydrogens (tertiary/aromatic N) is 1. The van der Waals surface area contributed by atoms with Crippen LogP contribution >= 0.6 is 11.3 Å². The maximum atomic E-state index is 10.0. The topological polar surface area (TPSA) is 20.2 Å². The molecule has 4 heteroatoms. The zero-order chi connectivity index (χ0) is 11.7. The molecule has 4 heterocycles. The summed E-state index contributed by atoms with van der Waals surface area (Å²) < 4.78 is 1.20. The SMILES string of the molecule is O[C@H]1C[N+]2(CCCc3cccs3)CCC1CC2.[Br-]. The fourth-order valence-corrected chi connectivity index (χ4v) is 4.36. The van der Waals surface area contributed by atoms with Gasteiger partial charge in [-0.1, -0.05) is 6.07 Å². The van der Waals surface area contributed by atoms with Crippen LogP contribution in [0, 0.1) is 5.92 Å². The standard InChI is InChI=1S/C14H22NOS.BrH/c16-14-11-15(8-5-12(14)6-9-15)7-1-3-13-4-2-10-17-13;/h2,4,10,12,14,16H,1,3,5-9,11H2;1H/q+1;/p-1/t12?,14-,15?;/m0./s1. The number of halogens is 1. The van der Waals surface area contributed by atoms with E-state index in [9.17, 15) is 5.11 Å². The summed E-state index contributed by atoms with van der Waals surface area (Å²) in [6.07, 6.45) is 4.98. The van der Waals surface area contributed by atoms with Crippen molar-refractivity contribution in [1.82, 2.24) is 0 Å². The molecule has 0 spiro atoms. The maximum absolute atomic E-state index is 10.0. The molecule has 18 heavy (non-hydrogen) atoms. The molecule has 102 valence electrons. The average molecular weight is 332 g/mol. The molecule has 0 aliphatic carbocycles. The average Bonchev–Trinajstić information content (AvgIpc) is 2.83. The number of thiophene rings is 1. The van der Waals surface area contributed by atoms with Crippen molar-refractivity contribution in [2.24, 2.45) is 5.92 Å². The molecular formula is C14H22BrNOS. The van der Waals surface area contributed by atoms with Gasteiger partial charge in [-0.15, -0.1) is 11.3 Å². The Kier molecular flexibility index (Phi) is 4.86. The molecule has 0 amide bonds. The molecule has 4 rings (SSSR count). The predicted molar refractivity (Wildman–Crippen MR) is 71.1 cm³/mol. The van der Waals surface area contributed by atoms with Crippen LogP contribution in [-0.4, -0.2) is 41.9 Å². The van der Waals surface area contributed by atoms with E-state index in [0.29, 0.717) is 5.92 Å². The molecule has 0 saturated carbocycles. The van der Waals surface area contributed by atoms with Crippen LogP contribution in [0.3, 0.4) is 0 Å². The fraction of sp³-hybridized carbons (Fsp3) is 0.714. The van der Waals surface area contributed by atoms with Crippen LogP contribution in [0.1, 0.15) is 24.1 Å². The number of hydrogen-bond donors (Lipinski definition) is 1. The lowest BCUT2D eigenvalue weighted by Gasteiger charge is -2.51. The molecule has 1 aromatic heterocycles. The van der Waals surface area contributed by atoms with Gasteiger partial charge < -0.3 is 26.6 Å². The smallest absolute Gasteiger partial charge is 0.106 e. The minimum atomic E-state index is -0.0146. The van der Waals surface area contributed by atoms with Gasteiger partial charge in [-0.3, -0.25) is 0 Å². The predicted octanol–water partition coefficient (Wildman–Crippen LogP) is -0.714. The summed E-state index contributed by atoms with van der Waals surface area (Å²) in [5.74, 6) is 0.618. The lowest BCUT2D eigenvalue weighted by atomic mass is 9.83. The molecule has 2 nitrogen and oxygen atoms in total. The molecule has 0 radical (unpaired) electrons. The van der Waals surface area contributed by atoms with E-state index >= 15 is 0 Å². The number of rotatable bonds is 4. The van der Waals surface area contributed by atoms with Crippen molar-refractivity contribution >= 4 is 11.3 Å². The highest BCUT2D eigenvalue weighted by Crippen LogP contribution is 2.34. The van der Waals surface area contributed by atoms with Crippen molar-refractivity contribution in [2.45, 2.75) is 31.8 Å². The van der Waals surface area contributed by atoms with E-state index in [4.69, 9.17) is 0 Å². The van der Waals surface area contributed by atoms with E-state index in [0.717, 1.165) is 6.54 Å². The van der Waals surface area contributed by atoms with Crippen LogP contribution in [0.25, 0.3) is 0 Å². The summed E-state index contributed by atoms with van der Waals surface area (Å²) in [5, 5.41) is 12.2. The van der Waals surface area contributed by atoms with Crippen molar-refractivity contribution in [3.63, 3.8) is 0 Å². The third kappa shape index (κ3) is 2.98. The van der Waals surface area contributed by atoms with Crippen molar-refractivity contribution in [3.8, 4) is 0 Å². The summed E-state index contributed by atoms with van der Waals surface area (Å²) in [6.45, 7) is 4.91. The van der Waals surface area contributed by atoms with Gasteiger partial charge in [0.2, 0.25) is 0 Å². The third-order valence-corrected chi connectivity index (χ3v) is 5.64. The van der Waals surface area contributed by atoms with Gasteiger partial charge in [0.15, 0.2) is 0 Å². The van der Waals surface area contributed by atoms with E-state index in [1.54, 1.807) is 0 Å². The molecular weight excluding hydrogens is 310 g/mol. The number of aliphatic hydroxyl groups excluding tert-OH is 1. The lowest BCUT2D eigenvalue weighted by molar-refractivity contribution is -0.946. The van der Waals surface area contributed by atoms with Gasteiger partial charge in [0.25, 0.3) is 0 Å². The quantitative estimate of drug-likeness (QED) is 0.722. The zero-order valence-corrected chi connectivity index (χ0v) is 13.1. The van der Waals surface area contributed by atoms with Crippen LogP contribution in [-0.2, 0) is 6.42 Å². The Labute approximate surface area is 124 Å². The lowest BCUT2D eigenvalue weighted by Crippen LogP contribution is -3.00. The summed E-state index contributed by atoms with van der Waals surface area (Å²) in [5.41, 5.74) is 0. The van der Waals surface area contributed by atoms with Crippen molar-refractivity contribution < 1.29 is 26.6 Å². The Morgan fingerprint density at radius 2 is 2.11 bits per heavy atom. The number of fused-ring (bicyclic) bond motifs is 3. The van der Waals surface area contributed by atoms with Crippen molar-refractivity contribution in [2.75, 3.05) is 26.2 Å². The summed E-state index contributed by atoms with van der Waals surface area (Å²) in [6, 6.07) is 4.38. The van der Waals surface area contributed by atoms with Gasteiger partial charge in [0.05, 0.1) is 19.6 Å². The Bertz CT molecular complexity index is 360. The number of aliphatic hydroxyl groups is 1. The Hall–Kier alpha value is 0.1000. The molecule has 1 aromatic rings. The molecule has 0 unspecified atom stereocenters. The summed E-state index contributed by atoms with van der Waals surface area (Å²) >= 11 is 1.87. The van der Waals surface area contributed by atoms with Crippen LogP contribution in [0.2, 0.25) is 0 Å². The van der Waals surface area contributed by atoms with Crippen LogP contribution < -0.4 is 17.0 Å². The number of quaternary nitrogens is 1. The molecule has 3 fully saturated rings. The number of piperidine rings is 3. The summed E-state index contributed by atoms with van der Waals surface area (Å²) in [7, 11) is 0. The Balaban J connectivity index is 0.00000120. The highest BCUT2D eigenvalue weighted by molar-refractivity contribution is 7.09. The first-order chi connectivity index (χ1) is 8.27. The molecule has 3 saturated heterocycles. The van der Waals surface area contributed by atoms with E-state index in [1.165, 1.54) is 54.7 Å². The minimum absolute atomic E-state index is 0. The first-order valence-electron chi connectivity index (χ1n) is 6.83. The Morgan fingerprint density at radius 3 is 2.72 bits per heavy atom. The van der Waals surface area contributed by atoms with Crippen molar-refractivity contribution in [1.29, 1.82) is 0 Å². The van der Waals surface area contributed by atoms with Gasteiger partial charge in [-0.25, -0.2) is 0 Å². The second-order valence-electron chi connectivity index (χ2n) is 5.78. The fourth-order valence-electron chi connectivity index (χ4n) is 3.61. The second kappa shape index (κ2) is 6.04. The van der Waals surface area contributed by atoms with Gasteiger partial charge in [-0.05, 0) is 17.9 Å². The van der Waals surface area contributed by atoms with Crippen LogP contribution in [0.4, 0.5) is 0 Å². The van der Waals surface area contributed by atoms with E-state index in [-0.39, 0.29) is 23.1 Å². The first kappa shape index (κ1) is 14.5. The molecule has 0 aromatic carbocycles. The van der Waals surface area contributed by atoms with E-state index in [2.05, 4.69) is 17.5 Å². The van der Waals surface area contributed by atoms with Gasteiger partial charge in [0, 0.05) is 30.1 Å².